The molecule has 3 N–H and O–H groups in total. The molecule has 1 saturated heterocycles. The highest BCUT2D eigenvalue weighted by Crippen LogP contribution is 2.42. The number of carbonyl (C=O) groups is 1. The van der Waals surface area contributed by atoms with Crippen LogP contribution >= 0.6 is 0 Å². The van der Waals surface area contributed by atoms with E-state index in [1.807, 2.05) is 13.0 Å². The molecule has 1 aromatic rings. The molecule has 2 atom stereocenters. The van der Waals surface area contributed by atoms with Crippen LogP contribution in [0, 0.1) is 24.7 Å². The fourth-order valence-electron chi connectivity index (χ4n) is 5.28. The number of nitrogens with zero attached hydrogens (tertiary/aromatic N) is 2. The minimum absolute atomic E-state index is 0.182. The zero-order chi connectivity index (χ0) is 18.1. The molecule has 5 heteroatoms. The van der Waals surface area contributed by atoms with Gasteiger partial charge in [0.15, 0.2) is 0 Å². The molecular weight excluding hydrogens is 324 g/mol. The number of fused-ring (bicyclic) bond motifs is 2. The lowest BCUT2D eigenvalue weighted by Gasteiger charge is -2.44. The highest BCUT2D eigenvalue weighted by molar-refractivity contribution is 5.79. The van der Waals surface area contributed by atoms with Crippen molar-refractivity contribution in [1.82, 2.24) is 10.3 Å². The highest BCUT2D eigenvalue weighted by atomic mass is 16.1. The van der Waals surface area contributed by atoms with Gasteiger partial charge in [0.05, 0.1) is 0 Å². The summed E-state index contributed by atoms with van der Waals surface area (Å²) in [5.41, 5.74) is 7.42. The zero-order valence-corrected chi connectivity index (χ0v) is 15.9. The number of piperidine rings is 1. The van der Waals surface area contributed by atoms with E-state index in [0.717, 1.165) is 50.3 Å². The van der Waals surface area contributed by atoms with Crippen molar-refractivity contribution in [2.45, 2.75) is 64.0 Å². The number of aryl methyl sites for hydroxylation is 1. The molecule has 4 rings (SSSR count). The number of anilines is 1. The van der Waals surface area contributed by atoms with Crippen LogP contribution in [0.2, 0.25) is 0 Å². The number of nitrogens with two attached hydrogens (primary N) is 1. The molecule has 142 valence electrons. The summed E-state index contributed by atoms with van der Waals surface area (Å²) in [6.45, 7) is 3.95. The van der Waals surface area contributed by atoms with Gasteiger partial charge in [0.1, 0.15) is 5.82 Å². The Balaban J connectivity index is 1.28. The van der Waals surface area contributed by atoms with Crippen LogP contribution in [0.5, 0.6) is 0 Å². The van der Waals surface area contributed by atoms with Crippen LogP contribution in [0.3, 0.4) is 0 Å². The molecule has 5 nitrogen and oxygen atoms in total. The summed E-state index contributed by atoms with van der Waals surface area (Å²) in [4.78, 5) is 19.8. The Bertz CT molecular complexity index is 627. The van der Waals surface area contributed by atoms with E-state index in [2.05, 4.69) is 27.3 Å². The Morgan fingerprint density at radius 2 is 1.85 bits per heavy atom. The minimum atomic E-state index is 0.182. The second kappa shape index (κ2) is 7.55. The van der Waals surface area contributed by atoms with Gasteiger partial charge in [0, 0.05) is 36.8 Å². The lowest BCUT2D eigenvalue weighted by molar-refractivity contribution is -0.128. The van der Waals surface area contributed by atoms with Crippen LogP contribution < -0.4 is 16.0 Å². The standard InChI is InChI=1S/C21H32N4O/c1-14-4-2-7-19(23-14)25-10-8-18(9-11-25)24-21(26)17-12-15-5-3-6-16(13-17)20(15)22/h2,4,7,15-18,20H,3,5-6,8-13,22H2,1H3,(H,24,26). The first kappa shape index (κ1) is 17.8. The summed E-state index contributed by atoms with van der Waals surface area (Å²) < 4.78 is 0. The second-order valence-corrected chi connectivity index (χ2v) is 8.60. The van der Waals surface area contributed by atoms with Gasteiger partial charge in [-0.05, 0) is 69.4 Å². The Hall–Kier alpha value is -1.62. The van der Waals surface area contributed by atoms with Gasteiger partial charge in [-0.25, -0.2) is 4.98 Å². The van der Waals surface area contributed by atoms with E-state index >= 15 is 0 Å². The van der Waals surface area contributed by atoms with Crippen molar-refractivity contribution < 1.29 is 4.79 Å². The summed E-state index contributed by atoms with van der Waals surface area (Å²) in [5, 5.41) is 3.35. The number of rotatable bonds is 3. The fourth-order valence-corrected chi connectivity index (χ4v) is 5.28. The van der Waals surface area contributed by atoms with E-state index in [-0.39, 0.29) is 11.8 Å². The summed E-state index contributed by atoms with van der Waals surface area (Å²) in [5.74, 6) is 2.64. The van der Waals surface area contributed by atoms with Crippen molar-refractivity contribution >= 4 is 11.7 Å². The van der Waals surface area contributed by atoms with Crippen molar-refractivity contribution in [2.24, 2.45) is 23.5 Å². The summed E-state index contributed by atoms with van der Waals surface area (Å²) in [6, 6.07) is 6.81. The summed E-state index contributed by atoms with van der Waals surface area (Å²) in [6.07, 6.45) is 7.71. The zero-order valence-electron chi connectivity index (χ0n) is 15.9. The third kappa shape index (κ3) is 3.73. The topological polar surface area (TPSA) is 71.2 Å². The quantitative estimate of drug-likeness (QED) is 0.873. The van der Waals surface area contributed by atoms with Gasteiger partial charge in [-0.15, -0.1) is 0 Å². The summed E-state index contributed by atoms with van der Waals surface area (Å²) in [7, 11) is 0. The molecular formula is C21H32N4O. The van der Waals surface area contributed by atoms with Gasteiger partial charge in [0.2, 0.25) is 5.91 Å². The number of pyridine rings is 1. The normalized spacial score (nSPS) is 32.3. The average molecular weight is 357 g/mol. The number of nitrogens with one attached hydrogen (secondary N) is 1. The van der Waals surface area contributed by atoms with E-state index in [1.54, 1.807) is 0 Å². The van der Waals surface area contributed by atoms with Gasteiger partial charge in [-0.3, -0.25) is 4.79 Å². The molecule has 3 aliphatic rings. The number of carbonyl (C=O) groups excluding carboxylic acids is 1. The lowest BCUT2D eigenvalue weighted by Crippen LogP contribution is -2.51. The Morgan fingerprint density at radius 3 is 2.50 bits per heavy atom. The third-order valence-corrected chi connectivity index (χ3v) is 6.82. The van der Waals surface area contributed by atoms with Crippen molar-refractivity contribution in [3.05, 3.63) is 23.9 Å². The Labute approximate surface area is 156 Å². The number of hydrogen-bond acceptors (Lipinski definition) is 4. The summed E-state index contributed by atoms with van der Waals surface area (Å²) >= 11 is 0. The molecule has 1 amide bonds. The largest absolute Gasteiger partial charge is 0.356 e. The van der Waals surface area contributed by atoms with Crippen molar-refractivity contribution in [2.75, 3.05) is 18.0 Å². The predicted molar refractivity (Wildman–Crippen MR) is 104 cm³/mol. The lowest BCUT2D eigenvalue weighted by atomic mass is 9.65. The SMILES string of the molecule is Cc1cccc(N2CCC(NC(=O)C3CC4CCCC(C3)C4N)CC2)n1. The Kier molecular flexibility index (Phi) is 5.16. The first-order valence-electron chi connectivity index (χ1n) is 10.3. The van der Waals surface area contributed by atoms with Gasteiger partial charge in [-0.2, -0.15) is 0 Å². The molecule has 3 fully saturated rings. The van der Waals surface area contributed by atoms with Crippen molar-refractivity contribution in [1.29, 1.82) is 0 Å². The first-order chi connectivity index (χ1) is 12.6. The fraction of sp³-hybridized carbons (Fsp3) is 0.714. The van der Waals surface area contributed by atoms with E-state index in [4.69, 9.17) is 5.73 Å². The van der Waals surface area contributed by atoms with E-state index in [0.29, 0.717) is 23.9 Å². The molecule has 0 spiro atoms. The molecule has 0 aromatic carbocycles. The highest BCUT2D eigenvalue weighted by Gasteiger charge is 2.40. The molecule has 2 aliphatic carbocycles. The molecule has 2 saturated carbocycles. The molecule has 1 aromatic heterocycles. The maximum absolute atomic E-state index is 12.8. The van der Waals surface area contributed by atoms with Crippen molar-refractivity contribution in [3.8, 4) is 0 Å². The van der Waals surface area contributed by atoms with Gasteiger partial charge < -0.3 is 16.0 Å². The molecule has 2 unspecified atom stereocenters. The smallest absolute Gasteiger partial charge is 0.223 e. The number of aromatic nitrogens is 1. The third-order valence-electron chi connectivity index (χ3n) is 6.82. The first-order valence-corrected chi connectivity index (χ1v) is 10.3. The molecule has 1 aliphatic heterocycles. The van der Waals surface area contributed by atoms with Crippen molar-refractivity contribution in [3.63, 3.8) is 0 Å². The minimum Gasteiger partial charge on any atom is -0.356 e. The van der Waals surface area contributed by atoms with Gasteiger partial charge >= 0.3 is 0 Å². The van der Waals surface area contributed by atoms with E-state index in [1.165, 1.54) is 19.3 Å². The molecule has 2 heterocycles. The van der Waals surface area contributed by atoms with Crippen LogP contribution in [0.1, 0.15) is 50.6 Å². The number of amides is 1. The van der Waals surface area contributed by atoms with Crippen LogP contribution in [0.4, 0.5) is 5.82 Å². The second-order valence-electron chi connectivity index (χ2n) is 8.60. The number of hydrogen-bond donors (Lipinski definition) is 2. The maximum Gasteiger partial charge on any atom is 0.223 e. The van der Waals surface area contributed by atoms with E-state index < -0.39 is 0 Å². The van der Waals surface area contributed by atoms with Crippen LogP contribution in [0.25, 0.3) is 0 Å². The Morgan fingerprint density at radius 1 is 1.15 bits per heavy atom. The maximum atomic E-state index is 12.8. The van der Waals surface area contributed by atoms with E-state index in [9.17, 15) is 4.79 Å². The van der Waals surface area contributed by atoms with Crippen LogP contribution in [-0.4, -0.2) is 36.1 Å². The molecule has 2 bridgehead atoms. The van der Waals surface area contributed by atoms with Gasteiger partial charge in [-0.1, -0.05) is 12.5 Å². The van der Waals surface area contributed by atoms with Gasteiger partial charge in [0.25, 0.3) is 0 Å². The average Bonchev–Trinajstić information content (AvgIpc) is 2.62. The predicted octanol–water partition coefficient (Wildman–Crippen LogP) is 2.63. The van der Waals surface area contributed by atoms with Crippen LogP contribution in [0.15, 0.2) is 18.2 Å². The molecule has 26 heavy (non-hydrogen) atoms. The molecule has 0 radical (unpaired) electrons. The monoisotopic (exact) mass is 356 g/mol. The van der Waals surface area contributed by atoms with Crippen LogP contribution in [-0.2, 0) is 4.79 Å².